The van der Waals surface area contributed by atoms with Crippen LogP contribution in [0.15, 0.2) is 84.5 Å². The van der Waals surface area contributed by atoms with Crippen LogP contribution < -0.4 is 10.1 Å². The van der Waals surface area contributed by atoms with Crippen LogP contribution in [-0.4, -0.2) is 24.9 Å². The lowest BCUT2D eigenvalue weighted by Crippen LogP contribution is -2.12. The molecule has 1 amide bonds. The average Bonchev–Trinajstić information content (AvgIpc) is 3.48. The summed E-state index contributed by atoms with van der Waals surface area (Å²) in [4.78, 5) is 17.2. The third-order valence-corrected chi connectivity index (χ3v) is 5.20. The van der Waals surface area contributed by atoms with Gasteiger partial charge in [-0.1, -0.05) is 28.8 Å². The quantitative estimate of drug-likeness (QED) is 0.425. The number of ether oxygens (including phenoxy) is 1. The van der Waals surface area contributed by atoms with Crippen molar-refractivity contribution in [2.24, 2.45) is 0 Å². The van der Waals surface area contributed by atoms with Gasteiger partial charge in [-0.3, -0.25) is 4.79 Å². The lowest BCUT2D eigenvalue weighted by molar-refractivity contribution is 0.102. The molecule has 8 heteroatoms. The maximum Gasteiger partial charge on any atom is 0.255 e. The Morgan fingerprint density at radius 1 is 1.06 bits per heavy atom. The molecule has 2 aromatic carbocycles. The molecular weight excluding hydrogens is 410 g/mol. The summed E-state index contributed by atoms with van der Waals surface area (Å²) in [6.07, 6.45) is 3.87. The SMILES string of the molecule is O=C(Nc1ccc(-c2csnn2)cc1)c1cccc(OCc2cn3ccccc3n2)c1. The van der Waals surface area contributed by atoms with Gasteiger partial charge in [-0.2, -0.15) is 0 Å². The number of anilines is 1. The molecule has 0 atom stereocenters. The first-order valence-electron chi connectivity index (χ1n) is 9.59. The van der Waals surface area contributed by atoms with Crippen LogP contribution in [0.25, 0.3) is 16.9 Å². The van der Waals surface area contributed by atoms with Crippen molar-refractivity contribution < 1.29 is 9.53 Å². The number of nitrogens with zero attached hydrogens (tertiary/aromatic N) is 4. The fourth-order valence-electron chi connectivity index (χ4n) is 3.16. The standard InChI is InChI=1S/C23H17N5O2S/c29-23(25-18-9-7-16(8-10-18)21-15-31-27-26-21)17-4-3-5-20(12-17)30-14-19-13-28-11-2-1-6-22(28)24-19/h1-13,15H,14H2,(H,25,29). The van der Waals surface area contributed by atoms with Crippen LogP contribution in [0.5, 0.6) is 5.75 Å². The molecule has 0 radical (unpaired) electrons. The van der Waals surface area contributed by atoms with E-state index in [4.69, 9.17) is 4.74 Å². The Kier molecular flexibility index (Phi) is 5.12. The summed E-state index contributed by atoms with van der Waals surface area (Å²) in [6.45, 7) is 0.319. The molecule has 3 heterocycles. The molecule has 0 unspecified atom stereocenters. The molecule has 0 spiro atoms. The summed E-state index contributed by atoms with van der Waals surface area (Å²) in [5.41, 5.74) is 4.67. The molecule has 0 aliphatic rings. The number of imidazole rings is 1. The molecule has 0 aliphatic carbocycles. The summed E-state index contributed by atoms with van der Waals surface area (Å²) in [5.74, 6) is 0.400. The van der Waals surface area contributed by atoms with Crippen LogP contribution in [0, 0.1) is 0 Å². The summed E-state index contributed by atoms with van der Waals surface area (Å²) in [7, 11) is 0. The van der Waals surface area contributed by atoms with Gasteiger partial charge in [-0.15, -0.1) is 5.10 Å². The number of benzene rings is 2. The number of amides is 1. The van der Waals surface area contributed by atoms with Crippen molar-refractivity contribution in [1.29, 1.82) is 0 Å². The second-order valence-corrected chi connectivity index (χ2v) is 7.45. The van der Waals surface area contributed by atoms with Gasteiger partial charge in [0.05, 0.1) is 5.69 Å². The minimum Gasteiger partial charge on any atom is -0.487 e. The number of hydrogen-bond donors (Lipinski definition) is 1. The predicted molar refractivity (Wildman–Crippen MR) is 119 cm³/mol. The van der Waals surface area contributed by atoms with Crippen LogP contribution in [0.2, 0.25) is 0 Å². The Morgan fingerprint density at radius 2 is 1.97 bits per heavy atom. The van der Waals surface area contributed by atoms with Gasteiger partial charge < -0.3 is 14.5 Å². The average molecular weight is 427 g/mol. The zero-order valence-electron chi connectivity index (χ0n) is 16.3. The molecule has 5 aromatic rings. The van der Waals surface area contributed by atoms with Gasteiger partial charge >= 0.3 is 0 Å². The molecule has 3 aromatic heterocycles. The minimum atomic E-state index is -0.207. The molecule has 1 N–H and O–H groups in total. The fraction of sp³-hybridized carbons (Fsp3) is 0.0435. The lowest BCUT2D eigenvalue weighted by atomic mass is 10.1. The van der Waals surface area contributed by atoms with Crippen LogP contribution >= 0.6 is 11.5 Å². The number of carbonyl (C=O) groups is 1. The highest BCUT2D eigenvalue weighted by atomic mass is 32.1. The Hall–Kier alpha value is -4.04. The zero-order valence-corrected chi connectivity index (χ0v) is 17.1. The Morgan fingerprint density at radius 3 is 2.77 bits per heavy atom. The van der Waals surface area contributed by atoms with E-state index in [0.717, 1.165) is 22.6 Å². The topological polar surface area (TPSA) is 81.4 Å². The number of fused-ring (bicyclic) bond motifs is 1. The molecule has 0 aliphatic heterocycles. The third kappa shape index (κ3) is 4.29. The first kappa shape index (κ1) is 19.0. The van der Waals surface area contributed by atoms with Crippen LogP contribution in [-0.2, 0) is 6.61 Å². The number of nitrogens with one attached hydrogen (secondary N) is 1. The zero-order chi connectivity index (χ0) is 21.0. The third-order valence-electron chi connectivity index (χ3n) is 4.70. The summed E-state index contributed by atoms with van der Waals surface area (Å²) in [6, 6.07) is 20.4. The monoisotopic (exact) mass is 427 g/mol. The normalized spacial score (nSPS) is 10.8. The Labute approximate surface area is 182 Å². The minimum absolute atomic E-state index is 0.207. The summed E-state index contributed by atoms with van der Waals surface area (Å²) >= 11 is 1.30. The molecule has 7 nitrogen and oxygen atoms in total. The molecule has 0 bridgehead atoms. The summed E-state index contributed by atoms with van der Waals surface area (Å²) < 4.78 is 11.7. The highest BCUT2D eigenvalue weighted by molar-refractivity contribution is 7.03. The number of hydrogen-bond acceptors (Lipinski definition) is 6. The van der Waals surface area contributed by atoms with E-state index >= 15 is 0 Å². The second-order valence-electron chi connectivity index (χ2n) is 6.84. The van der Waals surface area contributed by atoms with Crippen LogP contribution in [0.4, 0.5) is 5.69 Å². The van der Waals surface area contributed by atoms with E-state index in [9.17, 15) is 4.79 Å². The van der Waals surface area contributed by atoms with Gasteiger partial charge in [0.2, 0.25) is 0 Å². The largest absolute Gasteiger partial charge is 0.487 e. The highest BCUT2D eigenvalue weighted by Gasteiger charge is 2.09. The highest BCUT2D eigenvalue weighted by Crippen LogP contribution is 2.21. The van der Waals surface area contributed by atoms with Crippen molar-refractivity contribution in [1.82, 2.24) is 19.0 Å². The van der Waals surface area contributed by atoms with E-state index in [-0.39, 0.29) is 5.91 Å². The predicted octanol–water partition coefficient (Wildman–Crippen LogP) is 4.68. The van der Waals surface area contributed by atoms with Crippen molar-refractivity contribution >= 4 is 28.8 Å². The van der Waals surface area contributed by atoms with Crippen LogP contribution in [0.1, 0.15) is 16.1 Å². The van der Waals surface area contributed by atoms with E-state index < -0.39 is 0 Å². The Bertz CT molecular complexity index is 1300. The summed E-state index contributed by atoms with van der Waals surface area (Å²) in [5, 5.41) is 8.83. The Balaban J connectivity index is 1.24. The van der Waals surface area contributed by atoms with E-state index in [2.05, 4.69) is 19.9 Å². The number of rotatable bonds is 6. The van der Waals surface area contributed by atoms with E-state index in [1.807, 2.05) is 70.7 Å². The van der Waals surface area contributed by atoms with E-state index in [0.29, 0.717) is 23.6 Å². The van der Waals surface area contributed by atoms with Crippen molar-refractivity contribution in [2.45, 2.75) is 6.61 Å². The number of carbonyl (C=O) groups excluding carboxylic acids is 1. The van der Waals surface area contributed by atoms with Gasteiger partial charge in [0.1, 0.15) is 23.7 Å². The van der Waals surface area contributed by atoms with Gasteiger partial charge in [0.25, 0.3) is 5.91 Å². The second kappa shape index (κ2) is 8.37. The van der Waals surface area contributed by atoms with Crippen LogP contribution in [0.3, 0.4) is 0 Å². The fourth-order valence-corrected chi connectivity index (χ4v) is 3.62. The number of pyridine rings is 1. The van der Waals surface area contributed by atoms with Crippen molar-refractivity contribution in [2.75, 3.05) is 5.32 Å². The van der Waals surface area contributed by atoms with Crippen molar-refractivity contribution in [3.8, 4) is 17.0 Å². The van der Waals surface area contributed by atoms with Gasteiger partial charge in [0.15, 0.2) is 0 Å². The molecule has 31 heavy (non-hydrogen) atoms. The molecule has 0 saturated heterocycles. The van der Waals surface area contributed by atoms with E-state index in [1.54, 1.807) is 18.2 Å². The van der Waals surface area contributed by atoms with Gasteiger partial charge in [-0.25, -0.2) is 4.98 Å². The van der Waals surface area contributed by atoms with Crippen molar-refractivity contribution in [3.05, 3.63) is 95.8 Å². The lowest BCUT2D eigenvalue weighted by Gasteiger charge is -2.08. The number of aromatic nitrogens is 4. The van der Waals surface area contributed by atoms with Gasteiger partial charge in [0, 0.05) is 34.6 Å². The first-order chi connectivity index (χ1) is 15.2. The first-order valence-corrected chi connectivity index (χ1v) is 10.4. The molecule has 152 valence electrons. The molecular formula is C23H17N5O2S. The molecule has 5 rings (SSSR count). The molecule has 0 fully saturated rings. The maximum absolute atomic E-state index is 12.7. The maximum atomic E-state index is 12.7. The van der Waals surface area contributed by atoms with E-state index in [1.165, 1.54) is 11.5 Å². The van der Waals surface area contributed by atoms with Crippen molar-refractivity contribution in [3.63, 3.8) is 0 Å². The smallest absolute Gasteiger partial charge is 0.255 e. The molecule has 0 saturated carbocycles. The van der Waals surface area contributed by atoms with Gasteiger partial charge in [-0.05, 0) is 54.0 Å².